The van der Waals surface area contributed by atoms with E-state index in [1.807, 2.05) is 66.0 Å². The summed E-state index contributed by atoms with van der Waals surface area (Å²) in [6.07, 6.45) is 4.60. The number of alkyl carbamates (subject to hydrolysis) is 1. The third-order valence-corrected chi connectivity index (χ3v) is 11.2. The van der Waals surface area contributed by atoms with Gasteiger partial charge in [0.05, 0.1) is 51.0 Å². The van der Waals surface area contributed by atoms with Crippen molar-refractivity contribution in [3.8, 4) is 0 Å². The Kier molecular flexibility index (Phi) is 19.7. The Morgan fingerprint density at radius 3 is 2.05 bits per heavy atom. The smallest absolute Gasteiger partial charge is 0.407 e. The van der Waals surface area contributed by atoms with Crippen LogP contribution >= 0.6 is 22.7 Å². The predicted octanol–water partition coefficient (Wildman–Crippen LogP) is 5.16. The molecule has 18 heteroatoms. The van der Waals surface area contributed by atoms with E-state index in [0.717, 1.165) is 39.8 Å². The Balaban J connectivity index is 0.00000145. The summed E-state index contributed by atoms with van der Waals surface area (Å²) in [6.45, 7) is 8.19. The van der Waals surface area contributed by atoms with Gasteiger partial charge in [-0.15, -0.1) is 22.7 Å². The van der Waals surface area contributed by atoms with Crippen LogP contribution in [0.15, 0.2) is 77.8 Å². The summed E-state index contributed by atoms with van der Waals surface area (Å²) in [4.78, 5) is 54.2. The van der Waals surface area contributed by atoms with Gasteiger partial charge in [-0.3, -0.25) is 14.7 Å². The van der Waals surface area contributed by atoms with Gasteiger partial charge in [0.2, 0.25) is 5.91 Å². The van der Waals surface area contributed by atoms with Gasteiger partial charge in [0.1, 0.15) is 12.6 Å². The van der Waals surface area contributed by atoms with Crippen LogP contribution in [0.5, 0.6) is 0 Å². The molecule has 3 heterocycles. The number of rotatable bonds is 19. The predicted molar refractivity (Wildman–Crippen MR) is 228 cm³/mol. The first-order valence-corrected chi connectivity index (χ1v) is 23.1. The minimum atomic E-state index is -3.92. The molecule has 3 N–H and O–H groups in total. The van der Waals surface area contributed by atoms with Crippen molar-refractivity contribution in [3.63, 3.8) is 0 Å². The average molecular weight is 871 g/mol. The van der Waals surface area contributed by atoms with Gasteiger partial charge in [-0.2, -0.15) is 0 Å². The van der Waals surface area contributed by atoms with E-state index in [4.69, 9.17) is 22.4 Å². The second kappa shape index (κ2) is 24.6. The summed E-state index contributed by atoms with van der Waals surface area (Å²) >= 11 is 3.02. The standard InChI is InChI=1S/C40H53N7O5S2.CH4O3S/c1-29(2)38-43-34(27-53-38)25-46(3)39(49)45-36(16-17-47-18-20-51-21-19-47)37(48)42-32(22-30-10-6-4-7-11-30)14-15-33(23-31-12-8-5-9-13-31)44-40(50)52-26-35-24-41-28-54-35;1-5(2,3)4/h4-13,24,27-29,32-33,36H,14-23,25-26H2,1-3H3,(H,42,48)(H,44,50)(H,45,49);1H3,(H,2,3,4)/p-1/t32-,33-,36+;/m1./s1. The van der Waals surface area contributed by atoms with Crippen LogP contribution in [0.4, 0.5) is 9.59 Å². The molecule has 0 bridgehead atoms. The normalized spacial score (nSPS) is 14.6. The number of ether oxygens (including phenoxy) is 2. The van der Waals surface area contributed by atoms with Crippen molar-refractivity contribution in [2.75, 3.05) is 46.2 Å². The number of thiazole rings is 2. The molecule has 4 amide bonds. The molecule has 0 spiro atoms. The van der Waals surface area contributed by atoms with Gasteiger partial charge in [0, 0.05) is 62.5 Å². The van der Waals surface area contributed by atoms with Crippen LogP contribution in [0.25, 0.3) is 0 Å². The maximum Gasteiger partial charge on any atom is 0.407 e. The number of benzene rings is 2. The zero-order valence-electron chi connectivity index (χ0n) is 34.1. The summed E-state index contributed by atoms with van der Waals surface area (Å²) < 4.78 is 38.3. The van der Waals surface area contributed by atoms with E-state index < -0.39 is 22.3 Å². The van der Waals surface area contributed by atoms with E-state index in [0.29, 0.717) is 70.6 Å². The van der Waals surface area contributed by atoms with Crippen molar-refractivity contribution < 1.29 is 36.8 Å². The maximum absolute atomic E-state index is 14.2. The lowest BCUT2D eigenvalue weighted by molar-refractivity contribution is -0.124. The van der Waals surface area contributed by atoms with E-state index in [1.54, 1.807) is 35.0 Å². The summed E-state index contributed by atoms with van der Waals surface area (Å²) in [5.41, 5.74) is 4.70. The topological polar surface area (TPSA) is 195 Å². The maximum atomic E-state index is 14.2. The molecule has 2 aromatic carbocycles. The highest BCUT2D eigenvalue weighted by molar-refractivity contribution is 7.84. The molecule has 1 aliphatic rings. The molecule has 2 aromatic heterocycles. The van der Waals surface area contributed by atoms with Gasteiger partial charge in [0.25, 0.3) is 0 Å². The number of morpholine rings is 1. The monoisotopic (exact) mass is 870 g/mol. The van der Waals surface area contributed by atoms with E-state index in [9.17, 15) is 14.4 Å². The van der Waals surface area contributed by atoms with Crippen LogP contribution in [-0.2, 0) is 50.4 Å². The van der Waals surface area contributed by atoms with Gasteiger partial charge in [-0.1, -0.05) is 74.5 Å². The fourth-order valence-corrected chi connectivity index (χ4v) is 7.58. The molecule has 0 saturated carbocycles. The van der Waals surface area contributed by atoms with Crippen LogP contribution in [0.1, 0.15) is 65.7 Å². The Morgan fingerprint density at radius 2 is 1.51 bits per heavy atom. The Hall–Kier alpha value is -4.46. The van der Waals surface area contributed by atoms with Crippen molar-refractivity contribution in [1.29, 1.82) is 0 Å². The Bertz CT molecular complexity index is 1940. The van der Waals surface area contributed by atoms with Crippen LogP contribution < -0.4 is 16.0 Å². The summed E-state index contributed by atoms with van der Waals surface area (Å²) in [5.74, 6) is 0.0746. The van der Waals surface area contributed by atoms with E-state index in [-0.39, 0.29) is 30.6 Å². The molecule has 59 heavy (non-hydrogen) atoms. The molecule has 0 unspecified atom stereocenters. The third-order valence-electron chi connectivity index (χ3n) is 9.27. The second-order valence-corrected chi connectivity index (χ2v) is 18.0. The summed E-state index contributed by atoms with van der Waals surface area (Å²) in [7, 11) is -2.19. The zero-order chi connectivity index (χ0) is 42.6. The van der Waals surface area contributed by atoms with Crippen LogP contribution in [0.3, 0.4) is 0 Å². The zero-order valence-corrected chi connectivity index (χ0v) is 36.5. The molecule has 322 valence electrons. The molecular weight excluding hydrogens is 815 g/mol. The van der Waals surface area contributed by atoms with Crippen LogP contribution in [0.2, 0.25) is 0 Å². The first-order chi connectivity index (χ1) is 28.2. The molecule has 5 rings (SSSR count). The van der Waals surface area contributed by atoms with E-state index in [1.165, 1.54) is 11.3 Å². The number of nitrogens with zero attached hydrogens (tertiary/aromatic N) is 4. The Labute approximate surface area is 355 Å². The summed E-state index contributed by atoms with van der Waals surface area (Å²) in [5, 5.41) is 12.4. The number of nitrogens with one attached hydrogen (secondary N) is 3. The number of hydrogen-bond donors (Lipinski definition) is 3. The van der Waals surface area contributed by atoms with Crippen LogP contribution in [-0.4, -0.2) is 115 Å². The number of aromatic nitrogens is 2. The fraction of sp³-hybridized carbons (Fsp3) is 0.488. The highest BCUT2D eigenvalue weighted by atomic mass is 32.2. The van der Waals surface area contributed by atoms with Gasteiger partial charge in [-0.05, 0) is 43.2 Å². The number of carbonyl (C=O) groups is 3. The van der Waals surface area contributed by atoms with Gasteiger partial charge in [-0.25, -0.2) is 23.0 Å². The first kappa shape index (κ1) is 47.2. The highest BCUT2D eigenvalue weighted by Crippen LogP contribution is 2.20. The number of hydrogen-bond acceptors (Lipinski definition) is 13. The molecule has 1 fully saturated rings. The quantitative estimate of drug-likeness (QED) is 0.105. The lowest BCUT2D eigenvalue weighted by Gasteiger charge is -2.30. The van der Waals surface area contributed by atoms with Crippen LogP contribution in [0, 0.1) is 0 Å². The molecule has 0 radical (unpaired) electrons. The average Bonchev–Trinajstić information content (AvgIpc) is 3.91. The molecule has 0 aliphatic carbocycles. The van der Waals surface area contributed by atoms with E-state index >= 15 is 0 Å². The van der Waals surface area contributed by atoms with Crippen molar-refractivity contribution in [2.45, 2.75) is 83.1 Å². The first-order valence-electron chi connectivity index (χ1n) is 19.6. The molecule has 1 aliphatic heterocycles. The van der Waals surface area contributed by atoms with Crippen molar-refractivity contribution in [2.24, 2.45) is 0 Å². The lowest BCUT2D eigenvalue weighted by atomic mass is 9.95. The molecular formula is C41H56N7O8S3-. The molecule has 4 aromatic rings. The molecule has 1 saturated heterocycles. The second-order valence-electron chi connectivity index (χ2n) is 14.7. The van der Waals surface area contributed by atoms with Crippen molar-refractivity contribution >= 4 is 50.8 Å². The minimum absolute atomic E-state index is 0.150. The Morgan fingerprint density at radius 1 is 0.915 bits per heavy atom. The molecule has 3 atom stereocenters. The van der Waals surface area contributed by atoms with Gasteiger partial charge in [0.15, 0.2) is 0 Å². The largest absolute Gasteiger partial charge is 0.748 e. The van der Waals surface area contributed by atoms with E-state index in [2.05, 4.69) is 44.7 Å². The SMILES string of the molecule is CC(C)c1nc(CN(C)C(=O)N[C@@H](CCN2CCOCC2)C(=O)N[C@H](CC[C@H](Cc2ccccc2)NC(=O)OCc2cncs2)Cc2ccccc2)cs1.CS(=O)(=O)[O-]. The summed E-state index contributed by atoms with van der Waals surface area (Å²) in [6, 6.07) is 18.4. The number of amides is 4. The highest BCUT2D eigenvalue weighted by Gasteiger charge is 2.27. The number of carbonyl (C=O) groups excluding carboxylic acids is 3. The third kappa shape index (κ3) is 19.0. The van der Waals surface area contributed by atoms with Gasteiger partial charge >= 0.3 is 12.1 Å². The van der Waals surface area contributed by atoms with Crippen molar-refractivity contribution in [1.82, 2.24) is 35.7 Å². The lowest BCUT2D eigenvalue weighted by Crippen LogP contribution is -2.54. The number of urea groups is 1. The van der Waals surface area contributed by atoms with Crippen molar-refractivity contribution in [3.05, 3.63) is 104 Å². The molecule has 15 nitrogen and oxygen atoms in total. The fourth-order valence-electron chi connectivity index (χ4n) is 6.25. The van der Waals surface area contributed by atoms with Gasteiger partial charge < -0.3 is 34.9 Å². The minimum Gasteiger partial charge on any atom is -0.748 e.